The summed E-state index contributed by atoms with van der Waals surface area (Å²) in [5.74, 6) is 0. The predicted molar refractivity (Wildman–Crippen MR) is 94.5 cm³/mol. The SMILES string of the molecule is C[Si](C)(C)O[SiH2]O[Si](C)(O[Si](C)(C)C)O[Si](C)(C)C. The lowest BCUT2D eigenvalue weighted by Gasteiger charge is -2.37. The van der Waals surface area contributed by atoms with Crippen molar-refractivity contribution in [3.63, 3.8) is 0 Å². The van der Waals surface area contributed by atoms with Crippen LogP contribution < -0.4 is 0 Å². The van der Waals surface area contributed by atoms with Gasteiger partial charge >= 0.3 is 8.80 Å². The highest BCUT2D eigenvalue weighted by molar-refractivity contribution is 6.86. The Bertz CT molecular complexity index is 263. The maximum atomic E-state index is 6.25. The zero-order chi connectivity index (χ0) is 15.5. The Morgan fingerprint density at radius 2 is 0.895 bits per heavy atom. The minimum Gasteiger partial charge on any atom is -0.441 e. The van der Waals surface area contributed by atoms with E-state index in [4.69, 9.17) is 16.5 Å². The minimum atomic E-state index is -2.54. The van der Waals surface area contributed by atoms with E-state index in [1.807, 2.05) is 6.55 Å². The minimum absolute atomic E-state index is 1.02. The molecule has 0 aromatic heterocycles. The molecule has 0 heterocycles. The lowest BCUT2D eigenvalue weighted by atomic mass is 11.8. The molecule has 4 nitrogen and oxygen atoms in total. The van der Waals surface area contributed by atoms with E-state index in [0.29, 0.717) is 0 Å². The number of hydrogen-bond acceptors (Lipinski definition) is 4. The molecule has 0 aliphatic carbocycles. The van der Waals surface area contributed by atoms with E-state index in [-0.39, 0.29) is 0 Å². The first-order valence-corrected chi connectivity index (χ1v) is 20.4. The smallest absolute Gasteiger partial charge is 0.441 e. The molecular weight excluding hydrogens is 325 g/mol. The van der Waals surface area contributed by atoms with Crippen molar-refractivity contribution in [3.8, 4) is 0 Å². The lowest BCUT2D eigenvalue weighted by molar-refractivity contribution is 0.255. The predicted octanol–water partition coefficient (Wildman–Crippen LogP) is 3.13. The zero-order valence-electron chi connectivity index (χ0n) is 14.3. The third-order valence-corrected chi connectivity index (χ3v) is 16.2. The van der Waals surface area contributed by atoms with Gasteiger partial charge < -0.3 is 16.5 Å². The molecule has 0 rings (SSSR count). The van der Waals surface area contributed by atoms with Gasteiger partial charge in [-0.2, -0.15) is 0 Å². The Balaban J connectivity index is 4.68. The number of rotatable bonds is 8. The Kier molecular flexibility index (Phi) is 7.12. The summed E-state index contributed by atoms with van der Waals surface area (Å²) in [5.41, 5.74) is 0. The maximum Gasteiger partial charge on any atom is 0.467 e. The van der Waals surface area contributed by atoms with Crippen LogP contribution in [0.3, 0.4) is 0 Å². The van der Waals surface area contributed by atoms with Gasteiger partial charge in [-0.1, -0.05) is 0 Å². The molecule has 116 valence electrons. The molecule has 0 N–H and O–H groups in total. The first kappa shape index (κ1) is 19.9. The van der Waals surface area contributed by atoms with Gasteiger partial charge in [0.1, 0.15) is 0 Å². The van der Waals surface area contributed by atoms with Gasteiger partial charge in [0.05, 0.1) is 0 Å². The summed E-state index contributed by atoms with van der Waals surface area (Å²) >= 11 is 0. The fourth-order valence-electron chi connectivity index (χ4n) is 1.51. The lowest BCUT2D eigenvalue weighted by Crippen LogP contribution is -2.55. The van der Waals surface area contributed by atoms with Crippen LogP contribution in [0.25, 0.3) is 0 Å². The zero-order valence-corrected chi connectivity index (χ0v) is 19.8. The average molecular weight is 357 g/mol. The fourth-order valence-corrected chi connectivity index (χ4v) is 15.5. The molecule has 0 unspecified atom stereocenters. The third-order valence-electron chi connectivity index (χ3n) is 1.80. The van der Waals surface area contributed by atoms with Crippen LogP contribution in [0.2, 0.25) is 65.5 Å². The van der Waals surface area contributed by atoms with Gasteiger partial charge in [0, 0.05) is 6.55 Å². The van der Waals surface area contributed by atoms with Crippen LogP contribution in [0.5, 0.6) is 0 Å². The molecule has 0 aromatic rings. The molecule has 19 heavy (non-hydrogen) atoms. The van der Waals surface area contributed by atoms with Crippen LogP contribution >= 0.6 is 0 Å². The summed E-state index contributed by atoms with van der Waals surface area (Å²) in [5, 5.41) is 0. The summed E-state index contributed by atoms with van der Waals surface area (Å²) in [6.07, 6.45) is 0. The average Bonchev–Trinajstić information content (AvgIpc) is 1.90. The van der Waals surface area contributed by atoms with Crippen LogP contribution in [-0.4, -0.2) is 43.8 Å². The Morgan fingerprint density at radius 1 is 0.526 bits per heavy atom. The Hall–Kier alpha value is 0.924. The van der Waals surface area contributed by atoms with Crippen molar-refractivity contribution in [2.75, 3.05) is 0 Å². The first-order chi connectivity index (χ1) is 8.12. The van der Waals surface area contributed by atoms with Crippen molar-refractivity contribution >= 4 is 43.8 Å². The van der Waals surface area contributed by atoms with Gasteiger partial charge in [-0.15, -0.1) is 0 Å². The third kappa shape index (κ3) is 12.4. The molecule has 0 aromatic carbocycles. The second kappa shape index (κ2) is 6.79. The second-order valence-corrected chi connectivity index (χ2v) is 26.4. The Morgan fingerprint density at radius 3 is 1.16 bits per heavy atom. The van der Waals surface area contributed by atoms with E-state index in [1.165, 1.54) is 0 Å². The topological polar surface area (TPSA) is 36.9 Å². The molecule has 0 saturated heterocycles. The normalized spacial score (nSPS) is 15.5. The first-order valence-electron chi connectivity index (χ1n) is 6.80. The maximum absolute atomic E-state index is 6.25. The van der Waals surface area contributed by atoms with Crippen molar-refractivity contribution < 1.29 is 16.5 Å². The monoisotopic (exact) mass is 356 g/mol. The summed E-state index contributed by atoms with van der Waals surface area (Å²) in [6.45, 7) is 21.6. The molecular formula is C10H32O4Si5. The molecule has 0 amide bonds. The van der Waals surface area contributed by atoms with Gasteiger partial charge in [0.15, 0.2) is 25.0 Å². The van der Waals surface area contributed by atoms with E-state index in [1.54, 1.807) is 0 Å². The van der Waals surface area contributed by atoms with E-state index < -0.39 is 43.8 Å². The molecule has 0 bridgehead atoms. The second-order valence-electron chi connectivity index (χ2n) is 7.81. The molecule has 0 fully saturated rings. The molecule has 0 radical (unpaired) electrons. The molecule has 0 saturated carbocycles. The van der Waals surface area contributed by atoms with E-state index in [0.717, 1.165) is 0 Å². The van der Waals surface area contributed by atoms with Gasteiger partial charge in [-0.25, -0.2) is 0 Å². The van der Waals surface area contributed by atoms with Gasteiger partial charge in [0.25, 0.3) is 10.0 Å². The van der Waals surface area contributed by atoms with Gasteiger partial charge in [-0.3, -0.25) is 0 Å². The highest BCUT2D eigenvalue weighted by Crippen LogP contribution is 2.21. The van der Waals surface area contributed by atoms with Crippen LogP contribution in [-0.2, 0) is 16.5 Å². The number of hydrogen-bond donors (Lipinski definition) is 0. The van der Waals surface area contributed by atoms with Crippen LogP contribution in [0.15, 0.2) is 0 Å². The summed E-state index contributed by atoms with van der Waals surface area (Å²) in [4.78, 5) is 0. The van der Waals surface area contributed by atoms with Crippen molar-refractivity contribution in [2.45, 2.75) is 65.5 Å². The van der Waals surface area contributed by atoms with Crippen molar-refractivity contribution in [1.82, 2.24) is 0 Å². The quantitative estimate of drug-likeness (QED) is 0.626. The van der Waals surface area contributed by atoms with Crippen LogP contribution in [0.1, 0.15) is 0 Å². The molecule has 0 aliphatic heterocycles. The van der Waals surface area contributed by atoms with E-state index in [2.05, 4.69) is 58.9 Å². The standard InChI is InChI=1S/C10H32O4Si5/c1-16(2,3)11-15-12-19(10,13-17(4,5)6)14-18(7,8)9/h15H2,1-10H3. The van der Waals surface area contributed by atoms with Crippen LogP contribution in [0.4, 0.5) is 0 Å². The Labute approximate surface area is 126 Å². The van der Waals surface area contributed by atoms with Crippen molar-refractivity contribution in [2.24, 2.45) is 0 Å². The summed E-state index contributed by atoms with van der Waals surface area (Å²) in [6, 6.07) is 0. The highest BCUT2D eigenvalue weighted by Gasteiger charge is 2.43. The molecule has 0 spiro atoms. The van der Waals surface area contributed by atoms with Crippen molar-refractivity contribution in [1.29, 1.82) is 0 Å². The van der Waals surface area contributed by atoms with Gasteiger partial charge in [0.2, 0.25) is 0 Å². The summed E-state index contributed by atoms with van der Waals surface area (Å²) < 4.78 is 24.5. The largest absolute Gasteiger partial charge is 0.467 e. The highest BCUT2D eigenvalue weighted by atomic mass is 28.5. The summed E-state index contributed by atoms with van der Waals surface area (Å²) in [7, 11) is -8.41. The van der Waals surface area contributed by atoms with Gasteiger partial charge in [-0.05, 0) is 58.9 Å². The van der Waals surface area contributed by atoms with E-state index in [9.17, 15) is 0 Å². The molecule has 0 atom stereocenters. The molecule has 0 aliphatic rings. The molecule has 9 heteroatoms. The van der Waals surface area contributed by atoms with Crippen LogP contribution in [0, 0.1) is 0 Å². The fraction of sp³-hybridized carbons (Fsp3) is 1.00. The van der Waals surface area contributed by atoms with Crippen molar-refractivity contribution in [3.05, 3.63) is 0 Å². The van der Waals surface area contributed by atoms with E-state index >= 15 is 0 Å².